The quantitative estimate of drug-likeness (QED) is 0.837. The molecule has 2 aliphatic rings. The molecular formula is C13H14O5S. The monoisotopic (exact) mass is 282 g/mol. The summed E-state index contributed by atoms with van der Waals surface area (Å²) in [5.41, 5.74) is 2.02. The van der Waals surface area contributed by atoms with Crippen molar-refractivity contribution in [3.8, 4) is 0 Å². The maximum atomic E-state index is 12.2. The van der Waals surface area contributed by atoms with Crippen molar-refractivity contribution in [1.82, 2.24) is 0 Å². The van der Waals surface area contributed by atoms with Crippen LogP contribution in [-0.2, 0) is 23.6 Å². The Morgan fingerprint density at radius 1 is 1.26 bits per heavy atom. The number of hydrogen-bond donors (Lipinski definition) is 0. The van der Waals surface area contributed by atoms with Crippen LogP contribution >= 0.6 is 0 Å². The molecule has 2 bridgehead atoms. The highest BCUT2D eigenvalue weighted by molar-refractivity contribution is 7.81. The third-order valence-electron chi connectivity index (χ3n) is 3.73. The van der Waals surface area contributed by atoms with Crippen molar-refractivity contribution >= 4 is 16.2 Å². The van der Waals surface area contributed by atoms with E-state index in [4.69, 9.17) is 4.18 Å². The molecule has 102 valence electrons. The first-order chi connectivity index (χ1) is 9.03. The molecule has 3 atom stereocenters. The van der Waals surface area contributed by atoms with Crippen LogP contribution in [-0.4, -0.2) is 26.9 Å². The molecule has 1 aromatic carbocycles. The van der Waals surface area contributed by atoms with E-state index in [-0.39, 0.29) is 24.2 Å². The summed E-state index contributed by atoms with van der Waals surface area (Å²) in [6.07, 6.45) is -0.304. The molecule has 0 heterocycles. The average Bonchev–Trinajstić information content (AvgIpc) is 2.87. The van der Waals surface area contributed by atoms with E-state index in [2.05, 4.69) is 4.18 Å². The summed E-state index contributed by atoms with van der Waals surface area (Å²) in [5, 5.41) is 0. The minimum atomic E-state index is -4.09. The molecule has 0 spiro atoms. The van der Waals surface area contributed by atoms with Crippen LogP contribution in [0.15, 0.2) is 24.3 Å². The van der Waals surface area contributed by atoms with Gasteiger partial charge in [0.05, 0.1) is 6.61 Å². The summed E-state index contributed by atoms with van der Waals surface area (Å²) in [6, 6.07) is 7.62. The zero-order valence-electron chi connectivity index (χ0n) is 10.4. The normalized spacial score (nSPS) is 28.7. The number of carbonyl (C=O) groups excluding carboxylic acids is 1. The van der Waals surface area contributed by atoms with Crippen molar-refractivity contribution < 1.29 is 21.6 Å². The highest BCUT2D eigenvalue weighted by atomic mass is 32.3. The second-order valence-corrected chi connectivity index (χ2v) is 6.00. The minimum absolute atomic E-state index is 0.00603. The maximum absolute atomic E-state index is 12.2. The molecule has 6 heteroatoms. The molecule has 0 saturated heterocycles. The predicted octanol–water partition coefficient (Wildman–Crippen LogP) is 1.51. The van der Waals surface area contributed by atoms with Crippen molar-refractivity contribution in [3.05, 3.63) is 35.4 Å². The van der Waals surface area contributed by atoms with E-state index in [0.29, 0.717) is 6.42 Å². The zero-order valence-corrected chi connectivity index (χ0v) is 11.2. The Morgan fingerprint density at radius 2 is 1.95 bits per heavy atom. The van der Waals surface area contributed by atoms with E-state index in [0.717, 1.165) is 11.1 Å². The Labute approximate surface area is 111 Å². The van der Waals surface area contributed by atoms with Gasteiger partial charge in [-0.3, -0.25) is 4.79 Å². The van der Waals surface area contributed by atoms with Gasteiger partial charge in [0.2, 0.25) is 0 Å². The van der Waals surface area contributed by atoms with Crippen molar-refractivity contribution in [2.75, 3.05) is 6.61 Å². The summed E-state index contributed by atoms with van der Waals surface area (Å²) in [4.78, 5) is 12.2. The number of fused-ring (bicyclic) bond motifs is 5. The van der Waals surface area contributed by atoms with E-state index in [9.17, 15) is 13.2 Å². The Hall–Kier alpha value is -1.24. The fourth-order valence-electron chi connectivity index (χ4n) is 3.04. The van der Waals surface area contributed by atoms with E-state index in [1.807, 2.05) is 24.3 Å². The van der Waals surface area contributed by atoms with Crippen molar-refractivity contribution in [1.29, 1.82) is 0 Å². The molecule has 3 rings (SSSR count). The van der Waals surface area contributed by atoms with E-state index >= 15 is 0 Å². The lowest BCUT2D eigenvalue weighted by molar-refractivity contribution is -0.125. The second-order valence-electron chi connectivity index (χ2n) is 4.76. The van der Waals surface area contributed by atoms with Gasteiger partial charge >= 0.3 is 10.4 Å². The summed E-state index contributed by atoms with van der Waals surface area (Å²) < 4.78 is 32.5. The van der Waals surface area contributed by atoms with Crippen molar-refractivity contribution in [2.45, 2.75) is 31.3 Å². The molecule has 0 radical (unpaired) electrons. The molecule has 0 amide bonds. The zero-order chi connectivity index (χ0) is 13.6. The molecule has 19 heavy (non-hydrogen) atoms. The average molecular weight is 282 g/mol. The fraction of sp³-hybridized carbons (Fsp3) is 0.462. The molecular weight excluding hydrogens is 268 g/mol. The van der Waals surface area contributed by atoms with Crippen LogP contribution in [0.1, 0.15) is 36.3 Å². The molecule has 1 fully saturated rings. The summed E-state index contributed by atoms with van der Waals surface area (Å²) in [5.74, 6) is -0.570. The van der Waals surface area contributed by atoms with Gasteiger partial charge in [-0.1, -0.05) is 24.3 Å². The third-order valence-corrected chi connectivity index (χ3v) is 4.70. The molecule has 5 nitrogen and oxygen atoms in total. The largest absolute Gasteiger partial charge is 0.400 e. The van der Waals surface area contributed by atoms with Crippen LogP contribution < -0.4 is 0 Å². The molecule has 0 N–H and O–H groups in total. The van der Waals surface area contributed by atoms with Gasteiger partial charge in [-0.15, -0.1) is 0 Å². The summed E-state index contributed by atoms with van der Waals surface area (Å²) in [7, 11) is -4.09. The van der Waals surface area contributed by atoms with Crippen LogP contribution in [0.3, 0.4) is 0 Å². The molecule has 0 aliphatic heterocycles. The standard InChI is InChI=1S/C13H14O5S/c1-2-17-19(15,16)18-13-11-7-10(12(13)14)8-5-3-4-6-9(8)11/h3-6,10-11,13H,2,7H2,1H3/t10-,11+,13?/m0/s1. The predicted molar refractivity (Wildman–Crippen MR) is 67.0 cm³/mol. The summed E-state index contributed by atoms with van der Waals surface area (Å²) >= 11 is 0. The first-order valence-corrected chi connectivity index (χ1v) is 7.57. The number of Topliss-reactive ketones (excluding diaryl/α,β-unsaturated/α-hetero) is 1. The van der Waals surface area contributed by atoms with Crippen LogP contribution in [0.4, 0.5) is 0 Å². The lowest BCUT2D eigenvalue weighted by Gasteiger charge is -2.22. The minimum Gasteiger partial charge on any atom is -0.296 e. The van der Waals surface area contributed by atoms with Gasteiger partial charge in [0.1, 0.15) is 6.10 Å². The number of rotatable bonds is 4. The highest BCUT2D eigenvalue weighted by Gasteiger charge is 2.52. The first-order valence-electron chi connectivity index (χ1n) is 6.23. The van der Waals surface area contributed by atoms with Gasteiger partial charge in [0.25, 0.3) is 0 Å². The summed E-state index contributed by atoms with van der Waals surface area (Å²) in [6.45, 7) is 1.55. The Morgan fingerprint density at radius 3 is 2.63 bits per heavy atom. The van der Waals surface area contributed by atoms with Gasteiger partial charge in [0, 0.05) is 11.8 Å². The Balaban J connectivity index is 1.90. The van der Waals surface area contributed by atoms with Gasteiger partial charge in [0.15, 0.2) is 5.78 Å². The number of carbonyl (C=O) groups is 1. The van der Waals surface area contributed by atoms with Crippen LogP contribution in [0.5, 0.6) is 0 Å². The molecule has 2 aliphatic carbocycles. The van der Waals surface area contributed by atoms with Crippen molar-refractivity contribution in [2.24, 2.45) is 0 Å². The molecule has 0 aromatic heterocycles. The lowest BCUT2D eigenvalue weighted by Crippen LogP contribution is -2.32. The van der Waals surface area contributed by atoms with E-state index in [1.165, 1.54) is 0 Å². The van der Waals surface area contributed by atoms with Crippen LogP contribution in [0.2, 0.25) is 0 Å². The number of hydrogen-bond acceptors (Lipinski definition) is 5. The van der Waals surface area contributed by atoms with E-state index < -0.39 is 16.5 Å². The fourth-order valence-corrected chi connectivity index (χ4v) is 3.87. The van der Waals surface area contributed by atoms with Crippen molar-refractivity contribution in [3.63, 3.8) is 0 Å². The maximum Gasteiger partial charge on any atom is 0.400 e. The first kappa shape index (κ1) is 12.8. The van der Waals surface area contributed by atoms with E-state index in [1.54, 1.807) is 6.92 Å². The molecule has 1 saturated carbocycles. The van der Waals surface area contributed by atoms with Gasteiger partial charge in [-0.2, -0.15) is 8.42 Å². The SMILES string of the molecule is CCOS(=O)(=O)OC1C(=O)[C@H]2C[C@@H]1c1ccccc12. The Bertz CT molecular complexity index is 622. The second kappa shape index (κ2) is 4.40. The molecule has 1 aromatic rings. The van der Waals surface area contributed by atoms with Gasteiger partial charge < -0.3 is 0 Å². The molecule has 1 unspecified atom stereocenters. The smallest absolute Gasteiger partial charge is 0.296 e. The van der Waals surface area contributed by atoms with Crippen LogP contribution in [0, 0.1) is 0 Å². The van der Waals surface area contributed by atoms with Gasteiger partial charge in [-0.25, -0.2) is 8.37 Å². The van der Waals surface area contributed by atoms with Crippen LogP contribution in [0.25, 0.3) is 0 Å². The van der Waals surface area contributed by atoms with Gasteiger partial charge in [-0.05, 0) is 24.5 Å². The topological polar surface area (TPSA) is 69.7 Å². The Kier molecular flexibility index (Phi) is 2.96. The number of benzene rings is 1. The lowest BCUT2D eigenvalue weighted by atomic mass is 9.89. The highest BCUT2D eigenvalue weighted by Crippen LogP contribution is 2.52. The third kappa shape index (κ3) is 2.00. The number of ketones is 1.